The molecular formula is C18H24ClN7O3. The van der Waals surface area contributed by atoms with Crippen molar-refractivity contribution >= 4 is 29.1 Å². The highest BCUT2D eigenvalue weighted by Crippen LogP contribution is 2.13. The lowest BCUT2D eigenvalue weighted by molar-refractivity contribution is -0.132. The summed E-state index contributed by atoms with van der Waals surface area (Å²) >= 11 is 5.81. The molecule has 0 bridgehead atoms. The molecule has 0 unspecified atom stereocenters. The second-order valence-corrected chi connectivity index (χ2v) is 7.03. The smallest absolute Gasteiger partial charge is 0.269 e. The van der Waals surface area contributed by atoms with E-state index in [4.69, 9.17) is 16.3 Å². The molecule has 1 aliphatic heterocycles. The summed E-state index contributed by atoms with van der Waals surface area (Å²) in [5.41, 5.74) is 1.04. The van der Waals surface area contributed by atoms with Crippen LogP contribution in [0.15, 0.2) is 23.4 Å². The summed E-state index contributed by atoms with van der Waals surface area (Å²) in [6.07, 6.45) is 5.04. The van der Waals surface area contributed by atoms with Crippen molar-refractivity contribution < 1.29 is 9.53 Å². The van der Waals surface area contributed by atoms with Gasteiger partial charge in [-0.2, -0.15) is 5.10 Å². The molecule has 10 nitrogen and oxygen atoms in total. The predicted octanol–water partition coefficient (Wildman–Crippen LogP) is 0.689. The maximum Gasteiger partial charge on any atom is 0.269 e. The quantitative estimate of drug-likeness (QED) is 0.598. The summed E-state index contributed by atoms with van der Waals surface area (Å²) in [5.74, 6) is 0.701. The van der Waals surface area contributed by atoms with Crippen LogP contribution in [0.5, 0.6) is 0 Å². The summed E-state index contributed by atoms with van der Waals surface area (Å²) < 4.78 is 5.53. The van der Waals surface area contributed by atoms with Gasteiger partial charge in [0.05, 0.1) is 48.9 Å². The SMILES string of the molecule is Cc1c(NCCOCCC(=O)N2CCN(c3ncc(Cl)cn3)CC2)cn[nH]c1=O. The minimum Gasteiger partial charge on any atom is -0.381 e. The first-order chi connectivity index (χ1) is 14.0. The Morgan fingerprint density at radius 1 is 1.21 bits per heavy atom. The molecule has 11 heteroatoms. The van der Waals surface area contributed by atoms with Crippen molar-refractivity contribution in [2.75, 3.05) is 56.2 Å². The normalized spacial score (nSPS) is 14.1. The lowest BCUT2D eigenvalue weighted by Crippen LogP contribution is -2.49. The summed E-state index contributed by atoms with van der Waals surface area (Å²) in [7, 11) is 0. The van der Waals surface area contributed by atoms with Gasteiger partial charge in [0.25, 0.3) is 5.56 Å². The Labute approximate surface area is 173 Å². The van der Waals surface area contributed by atoms with Gasteiger partial charge >= 0.3 is 0 Å². The van der Waals surface area contributed by atoms with E-state index in [9.17, 15) is 9.59 Å². The fourth-order valence-electron chi connectivity index (χ4n) is 2.94. The van der Waals surface area contributed by atoms with Gasteiger partial charge in [-0.25, -0.2) is 15.1 Å². The van der Waals surface area contributed by atoms with Crippen LogP contribution in [0.25, 0.3) is 0 Å². The number of anilines is 2. The van der Waals surface area contributed by atoms with Crippen LogP contribution in [0.4, 0.5) is 11.6 Å². The van der Waals surface area contributed by atoms with Crippen molar-refractivity contribution in [1.29, 1.82) is 0 Å². The molecule has 2 aromatic heterocycles. The molecule has 156 valence electrons. The summed E-state index contributed by atoms with van der Waals surface area (Å²) in [6.45, 7) is 5.65. The molecule has 3 rings (SSSR count). The number of nitrogens with one attached hydrogen (secondary N) is 2. The van der Waals surface area contributed by atoms with Crippen LogP contribution in [0.2, 0.25) is 5.02 Å². The fraction of sp³-hybridized carbons (Fsp3) is 0.500. The summed E-state index contributed by atoms with van der Waals surface area (Å²) in [4.78, 5) is 36.1. The number of amides is 1. The number of H-pyrrole nitrogens is 1. The highest BCUT2D eigenvalue weighted by atomic mass is 35.5. The molecule has 0 aliphatic carbocycles. The Morgan fingerprint density at radius 3 is 2.66 bits per heavy atom. The van der Waals surface area contributed by atoms with E-state index in [0.29, 0.717) is 74.6 Å². The number of nitrogens with zero attached hydrogens (tertiary/aromatic N) is 5. The van der Waals surface area contributed by atoms with Crippen molar-refractivity contribution in [3.8, 4) is 0 Å². The number of hydrogen-bond donors (Lipinski definition) is 2. The lowest BCUT2D eigenvalue weighted by Gasteiger charge is -2.34. The molecular weight excluding hydrogens is 398 g/mol. The van der Waals surface area contributed by atoms with Crippen LogP contribution in [-0.4, -0.2) is 76.9 Å². The zero-order valence-electron chi connectivity index (χ0n) is 16.2. The number of aromatic nitrogens is 4. The minimum atomic E-state index is -0.218. The standard InChI is InChI=1S/C18H24ClN7O3/c1-13-15(12-23-24-17(13)28)20-3-9-29-8-2-16(27)25-4-6-26(7-5-25)18-21-10-14(19)11-22-18/h10-12H,2-9H2,1H3,(H2,20,24,28). The van der Waals surface area contributed by atoms with E-state index >= 15 is 0 Å². The van der Waals surface area contributed by atoms with Crippen molar-refractivity contribution in [3.63, 3.8) is 0 Å². The Balaban J connectivity index is 1.31. The first kappa shape index (κ1) is 21.0. The third-order valence-electron chi connectivity index (χ3n) is 4.65. The maximum atomic E-state index is 12.3. The van der Waals surface area contributed by atoms with E-state index in [1.807, 2.05) is 9.80 Å². The van der Waals surface area contributed by atoms with Gasteiger partial charge in [-0.3, -0.25) is 9.59 Å². The number of rotatable bonds is 8. The average molecular weight is 422 g/mol. The molecule has 0 radical (unpaired) electrons. The molecule has 2 N–H and O–H groups in total. The van der Waals surface area contributed by atoms with E-state index in [1.54, 1.807) is 25.5 Å². The number of aromatic amines is 1. The van der Waals surface area contributed by atoms with Crippen LogP contribution in [0, 0.1) is 6.92 Å². The molecule has 0 aromatic carbocycles. The Hall–Kier alpha value is -2.72. The molecule has 0 atom stereocenters. The van der Waals surface area contributed by atoms with Crippen molar-refractivity contribution in [1.82, 2.24) is 25.1 Å². The van der Waals surface area contributed by atoms with Crippen LogP contribution in [0.1, 0.15) is 12.0 Å². The number of carbonyl (C=O) groups is 1. The van der Waals surface area contributed by atoms with E-state index in [1.165, 1.54) is 0 Å². The summed E-state index contributed by atoms with van der Waals surface area (Å²) in [5, 5.41) is 9.73. The maximum absolute atomic E-state index is 12.3. The zero-order chi connectivity index (χ0) is 20.6. The molecule has 2 aromatic rings. The van der Waals surface area contributed by atoms with Gasteiger partial charge in [-0.1, -0.05) is 11.6 Å². The van der Waals surface area contributed by atoms with Gasteiger partial charge in [0, 0.05) is 38.3 Å². The molecule has 1 fully saturated rings. The number of halogens is 1. The van der Waals surface area contributed by atoms with Gasteiger partial charge < -0.3 is 19.9 Å². The number of carbonyl (C=O) groups excluding carboxylic acids is 1. The Morgan fingerprint density at radius 2 is 1.93 bits per heavy atom. The number of hydrogen-bond acceptors (Lipinski definition) is 8. The predicted molar refractivity (Wildman–Crippen MR) is 109 cm³/mol. The number of ether oxygens (including phenoxy) is 1. The third kappa shape index (κ3) is 5.88. The van der Waals surface area contributed by atoms with Crippen molar-refractivity contribution in [3.05, 3.63) is 39.5 Å². The van der Waals surface area contributed by atoms with Crippen molar-refractivity contribution in [2.24, 2.45) is 0 Å². The first-order valence-electron chi connectivity index (χ1n) is 9.41. The second-order valence-electron chi connectivity index (χ2n) is 6.60. The first-order valence-corrected chi connectivity index (χ1v) is 9.78. The monoisotopic (exact) mass is 421 g/mol. The van der Waals surface area contributed by atoms with Crippen LogP contribution in [0.3, 0.4) is 0 Å². The highest BCUT2D eigenvalue weighted by molar-refractivity contribution is 6.30. The molecule has 1 amide bonds. The largest absolute Gasteiger partial charge is 0.381 e. The third-order valence-corrected chi connectivity index (χ3v) is 4.84. The molecule has 0 spiro atoms. The summed E-state index contributed by atoms with van der Waals surface area (Å²) in [6, 6.07) is 0. The molecule has 29 heavy (non-hydrogen) atoms. The highest BCUT2D eigenvalue weighted by Gasteiger charge is 2.22. The molecule has 1 aliphatic rings. The van der Waals surface area contributed by atoms with Crippen LogP contribution >= 0.6 is 11.6 Å². The van der Waals surface area contributed by atoms with E-state index in [0.717, 1.165) is 0 Å². The van der Waals surface area contributed by atoms with Crippen LogP contribution < -0.4 is 15.8 Å². The molecule has 1 saturated heterocycles. The van der Waals surface area contributed by atoms with Crippen molar-refractivity contribution in [2.45, 2.75) is 13.3 Å². The zero-order valence-corrected chi connectivity index (χ0v) is 17.0. The topological polar surface area (TPSA) is 116 Å². The van der Waals surface area contributed by atoms with Gasteiger partial charge in [-0.05, 0) is 6.92 Å². The fourth-order valence-corrected chi connectivity index (χ4v) is 3.04. The minimum absolute atomic E-state index is 0.0734. The molecule has 0 saturated carbocycles. The van der Waals surface area contributed by atoms with Gasteiger partial charge in [0.1, 0.15) is 0 Å². The van der Waals surface area contributed by atoms with E-state index in [2.05, 4.69) is 25.5 Å². The van der Waals surface area contributed by atoms with Gasteiger partial charge in [0.2, 0.25) is 11.9 Å². The second kappa shape index (κ2) is 10.2. The Bertz CT molecular complexity index is 867. The average Bonchev–Trinajstić information content (AvgIpc) is 2.74. The van der Waals surface area contributed by atoms with Gasteiger partial charge in [-0.15, -0.1) is 0 Å². The lowest BCUT2D eigenvalue weighted by atomic mass is 10.3. The van der Waals surface area contributed by atoms with E-state index < -0.39 is 0 Å². The van der Waals surface area contributed by atoms with Gasteiger partial charge in [0.15, 0.2) is 0 Å². The molecule has 3 heterocycles. The number of piperazine rings is 1. The van der Waals surface area contributed by atoms with E-state index in [-0.39, 0.29) is 11.5 Å². The van der Waals surface area contributed by atoms with Crippen LogP contribution in [-0.2, 0) is 9.53 Å². The Kier molecular flexibility index (Phi) is 7.36.